The second-order valence-electron chi connectivity index (χ2n) is 4.95. The maximum atomic E-state index is 11.2. The van der Waals surface area contributed by atoms with Crippen LogP contribution in [-0.2, 0) is 0 Å². The Labute approximate surface area is 101 Å². The SMILES string of the molecule is CC(C)CN1CCN(c2cc(=O)[nH]cn2)CC1. The summed E-state index contributed by atoms with van der Waals surface area (Å²) in [6, 6.07) is 1.57. The molecule has 0 atom stereocenters. The number of hydrogen-bond acceptors (Lipinski definition) is 4. The predicted octanol–water partition coefficient (Wildman–Crippen LogP) is 0.548. The van der Waals surface area contributed by atoms with E-state index >= 15 is 0 Å². The van der Waals surface area contributed by atoms with Gasteiger partial charge in [-0.05, 0) is 5.92 Å². The zero-order valence-corrected chi connectivity index (χ0v) is 10.5. The fraction of sp³-hybridized carbons (Fsp3) is 0.667. The standard InChI is InChI=1S/C12H20N4O/c1-10(2)8-15-3-5-16(6-4-15)11-7-12(17)14-9-13-11/h7,9-10H,3-6,8H2,1-2H3,(H,13,14,17). The Hall–Kier alpha value is -1.36. The van der Waals surface area contributed by atoms with E-state index in [1.54, 1.807) is 6.07 Å². The molecule has 2 rings (SSSR count). The summed E-state index contributed by atoms with van der Waals surface area (Å²) >= 11 is 0. The first-order valence-corrected chi connectivity index (χ1v) is 6.17. The van der Waals surface area contributed by atoms with Crippen LogP contribution >= 0.6 is 0 Å². The van der Waals surface area contributed by atoms with Gasteiger partial charge < -0.3 is 9.88 Å². The van der Waals surface area contributed by atoms with Crippen molar-refractivity contribution in [2.45, 2.75) is 13.8 Å². The van der Waals surface area contributed by atoms with Crippen molar-refractivity contribution in [2.24, 2.45) is 5.92 Å². The lowest BCUT2D eigenvalue weighted by Crippen LogP contribution is -2.47. The highest BCUT2D eigenvalue weighted by molar-refractivity contribution is 5.36. The molecule has 0 radical (unpaired) electrons. The summed E-state index contributed by atoms with van der Waals surface area (Å²) in [6.45, 7) is 9.62. The van der Waals surface area contributed by atoms with Gasteiger partial charge in [-0.25, -0.2) is 4.98 Å². The van der Waals surface area contributed by atoms with Crippen molar-refractivity contribution >= 4 is 5.82 Å². The highest BCUT2D eigenvalue weighted by Gasteiger charge is 2.18. The monoisotopic (exact) mass is 236 g/mol. The van der Waals surface area contributed by atoms with Gasteiger partial charge in [0, 0.05) is 38.8 Å². The Kier molecular flexibility index (Phi) is 3.78. The molecule has 1 aromatic rings. The number of piperazine rings is 1. The molecule has 0 spiro atoms. The molecule has 0 aliphatic carbocycles. The molecule has 1 aliphatic heterocycles. The van der Waals surface area contributed by atoms with Gasteiger partial charge in [0.1, 0.15) is 5.82 Å². The lowest BCUT2D eigenvalue weighted by Gasteiger charge is -2.35. The molecule has 1 fully saturated rings. The van der Waals surface area contributed by atoms with E-state index in [4.69, 9.17) is 0 Å². The average Bonchev–Trinajstić information content (AvgIpc) is 2.29. The summed E-state index contributed by atoms with van der Waals surface area (Å²) in [4.78, 5) is 22.6. The van der Waals surface area contributed by atoms with E-state index in [9.17, 15) is 4.79 Å². The molecule has 0 unspecified atom stereocenters. The van der Waals surface area contributed by atoms with Gasteiger partial charge in [0.25, 0.3) is 5.56 Å². The molecular formula is C12H20N4O. The largest absolute Gasteiger partial charge is 0.354 e. The Balaban J connectivity index is 1.93. The zero-order chi connectivity index (χ0) is 12.3. The molecule has 0 amide bonds. The number of aromatic amines is 1. The fourth-order valence-electron chi connectivity index (χ4n) is 2.21. The van der Waals surface area contributed by atoms with Crippen LogP contribution in [0.2, 0.25) is 0 Å². The second-order valence-corrected chi connectivity index (χ2v) is 4.95. The van der Waals surface area contributed by atoms with Crippen molar-refractivity contribution in [3.8, 4) is 0 Å². The van der Waals surface area contributed by atoms with Crippen molar-refractivity contribution in [1.82, 2.24) is 14.9 Å². The van der Waals surface area contributed by atoms with Gasteiger partial charge in [-0.2, -0.15) is 0 Å². The van der Waals surface area contributed by atoms with Crippen LogP contribution in [0, 0.1) is 5.92 Å². The van der Waals surface area contributed by atoms with Gasteiger partial charge in [-0.1, -0.05) is 13.8 Å². The van der Waals surface area contributed by atoms with Gasteiger partial charge in [0.05, 0.1) is 6.33 Å². The normalized spacial score (nSPS) is 17.7. The molecule has 1 saturated heterocycles. The lowest BCUT2D eigenvalue weighted by molar-refractivity contribution is 0.231. The molecule has 0 bridgehead atoms. The summed E-state index contributed by atoms with van der Waals surface area (Å²) in [6.07, 6.45) is 1.47. The number of nitrogens with one attached hydrogen (secondary N) is 1. The van der Waals surface area contributed by atoms with E-state index in [0.29, 0.717) is 5.92 Å². The van der Waals surface area contributed by atoms with Gasteiger partial charge >= 0.3 is 0 Å². The molecule has 0 saturated carbocycles. The van der Waals surface area contributed by atoms with E-state index in [1.165, 1.54) is 6.33 Å². The summed E-state index contributed by atoms with van der Waals surface area (Å²) in [5, 5.41) is 0. The van der Waals surface area contributed by atoms with Crippen molar-refractivity contribution in [3.63, 3.8) is 0 Å². The van der Waals surface area contributed by atoms with Crippen molar-refractivity contribution in [1.29, 1.82) is 0 Å². The number of aromatic nitrogens is 2. The summed E-state index contributed by atoms with van der Waals surface area (Å²) in [5.74, 6) is 1.50. The third-order valence-electron chi connectivity index (χ3n) is 2.98. The molecule has 1 aliphatic rings. The number of rotatable bonds is 3. The van der Waals surface area contributed by atoms with Gasteiger partial charge in [-0.15, -0.1) is 0 Å². The quantitative estimate of drug-likeness (QED) is 0.832. The Morgan fingerprint density at radius 3 is 2.65 bits per heavy atom. The van der Waals surface area contributed by atoms with Gasteiger partial charge in [0.2, 0.25) is 0 Å². The van der Waals surface area contributed by atoms with E-state index < -0.39 is 0 Å². The van der Waals surface area contributed by atoms with Crippen LogP contribution in [0.1, 0.15) is 13.8 Å². The Morgan fingerprint density at radius 2 is 2.06 bits per heavy atom. The third-order valence-corrected chi connectivity index (χ3v) is 2.98. The fourth-order valence-corrected chi connectivity index (χ4v) is 2.21. The van der Waals surface area contributed by atoms with Crippen LogP contribution in [0.15, 0.2) is 17.2 Å². The summed E-state index contributed by atoms with van der Waals surface area (Å²) in [5.41, 5.74) is -0.0837. The smallest absolute Gasteiger partial charge is 0.252 e. The van der Waals surface area contributed by atoms with E-state index in [2.05, 4.69) is 33.6 Å². The van der Waals surface area contributed by atoms with Crippen LogP contribution in [0.4, 0.5) is 5.82 Å². The molecule has 94 valence electrons. The minimum absolute atomic E-state index is 0.0837. The number of anilines is 1. The first-order valence-electron chi connectivity index (χ1n) is 6.17. The molecular weight excluding hydrogens is 216 g/mol. The molecule has 1 N–H and O–H groups in total. The molecule has 1 aromatic heterocycles. The maximum absolute atomic E-state index is 11.2. The van der Waals surface area contributed by atoms with Gasteiger partial charge in [-0.3, -0.25) is 9.69 Å². The maximum Gasteiger partial charge on any atom is 0.252 e. The minimum Gasteiger partial charge on any atom is -0.354 e. The molecule has 0 aromatic carbocycles. The van der Waals surface area contributed by atoms with E-state index in [-0.39, 0.29) is 5.56 Å². The van der Waals surface area contributed by atoms with Crippen LogP contribution in [0.25, 0.3) is 0 Å². The molecule has 5 heteroatoms. The van der Waals surface area contributed by atoms with Gasteiger partial charge in [0.15, 0.2) is 0 Å². The highest BCUT2D eigenvalue weighted by Crippen LogP contribution is 2.11. The third kappa shape index (κ3) is 3.30. The van der Waals surface area contributed by atoms with E-state index in [0.717, 1.165) is 38.5 Å². The van der Waals surface area contributed by atoms with Crippen LogP contribution in [0.3, 0.4) is 0 Å². The van der Waals surface area contributed by atoms with Crippen molar-refractivity contribution in [2.75, 3.05) is 37.6 Å². The molecule has 2 heterocycles. The molecule has 5 nitrogen and oxygen atoms in total. The number of nitrogens with zero attached hydrogens (tertiary/aromatic N) is 3. The minimum atomic E-state index is -0.0837. The van der Waals surface area contributed by atoms with Crippen molar-refractivity contribution in [3.05, 3.63) is 22.7 Å². The van der Waals surface area contributed by atoms with Crippen molar-refractivity contribution < 1.29 is 0 Å². The summed E-state index contributed by atoms with van der Waals surface area (Å²) < 4.78 is 0. The predicted molar refractivity (Wildman–Crippen MR) is 68.3 cm³/mol. The van der Waals surface area contributed by atoms with Crippen LogP contribution in [-0.4, -0.2) is 47.6 Å². The Morgan fingerprint density at radius 1 is 1.35 bits per heavy atom. The first kappa shape index (κ1) is 12.1. The number of H-pyrrole nitrogens is 1. The summed E-state index contributed by atoms with van der Waals surface area (Å²) in [7, 11) is 0. The average molecular weight is 236 g/mol. The lowest BCUT2D eigenvalue weighted by atomic mass is 10.2. The zero-order valence-electron chi connectivity index (χ0n) is 10.5. The topological polar surface area (TPSA) is 52.2 Å². The van der Waals surface area contributed by atoms with Crippen LogP contribution in [0.5, 0.6) is 0 Å². The van der Waals surface area contributed by atoms with E-state index in [1.807, 2.05) is 0 Å². The second kappa shape index (κ2) is 5.31. The number of hydrogen-bond donors (Lipinski definition) is 1. The Bertz CT molecular complexity index is 407. The molecule has 17 heavy (non-hydrogen) atoms. The van der Waals surface area contributed by atoms with Crippen LogP contribution < -0.4 is 10.5 Å². The first-order chi connectivity index (χ1) is 8.15. The highest BCUT2D eigenvalue weighted by atomic mass is 16.1.